The van der Waals surface area contributed by atoms with Crippen LogP contribution in [-0.2, 0) is 4.79 Å². The van der Waals surface area contributed by atoms with Gasteiger partial charge in [-0.05, 0) is 44.4 Å². The van der Waals surface area contributed by atoms with Crippen molar-refractivity contribution in [1.82, 2.24) is 9.88 Å². The van der Waals surface area contributed by atoms with E-state index >= 15 is 0 Å². The molecule has 2 heterocycles. The Bertz CT molecular complexity index is 735. The fourth-order valence-electron chi connectivity index (χ4n) is 3.10. The number of fused-ring (bicyclic) bond motifs is 1. The minimum Gasteiger partial charge on any atom is -0.481 e. The molecule has 0 spiro atoms. The summed E-state index contributed by atoms with van der Waals surface area (Å²) in [4.78, 5) is 28.8. The first-order valence-electron chi connectivity index (χ1n) is 7.59. The SMILES string of the molecule is Cc1ccc2cc(C(=O)N3CC(C(=O)O)CCC3C)[nH]c2c1. The van der Waals surface area contributed by atoms with Crippen LogP contribution >= 0.6 is 0 Å². The van der Waals surface area contributed by atoms with E-state index in [2.05, 4.69) is 4.98 Å². The van der Waals surface area contributed by atoms with Crippen molar-refractivity contribution < 1.29 is 14.7 Å². The van der Waals surface area contributed by atoms with E-state index in [-0.39, 0.29) is 18.5 Å². The number of amides is 1. The van der Waals surface area contributed by atoms with Crippen LogP contribution in [0.3, 0.4) is 0 Å². The van der Waals surface area contributed by atoms with E-state index in [9.17, 15) is 14.7 Å². The van der Waals surface area contributed by atoms with Crippen LogP contribution in [0.2, 0.25) is 0 Å². The van der Waals surface area contributed by atoms with Gasteiger partial charge in [-0.2, -0.15) is 0 Å². The molecule has 2 aromatic rings. The highest BCUT2D eigenvalue weighted by atomic mass is 16.4. The number of benzene rings is 1. The van der Waals surface area contributed by atoms with Crippen molar-refractivity contribution >= 4 is 22.8 Å². The van der Waals surface area contributed by atoms with Gasteiger partial charge in [0.15, 0.2) is 0 Å². The Morgan fingerprint density at radius 2 is 2.05 bits per heavy atom. The zero-order valence-electron chi connectivity index (χ0n) is 12.8. The molecule has 2 unspecified atom stereocenters. The summed E-state index contributed by atoms with van der Waals surface area (Å²) >= 11 is 0. The van der Waals surface area contributed by atoms with Crippen LogP contribution in [0.15, 0.2) is 24.3 Å². The molecule has 2 atom stereocenters. The molecule has 0 bridgehead atoms. The zero-order valence-corrected chi connectivity index (χ0v) is 12.8. The Morgan fingerprint density at radius 3 is 2.77 bits per heavy atom. The molecule has 0 aliphatic carbocycles. The molecule has 5 nitrogen and oxygen atoms in total. The van der Waals surface area contributed by atoms with Gasteiger partial charge >= 0.3 is 5.97 Å². The third-order valence-electron chi connectivity index (χ3n) is 4.50. The molecule has 0 radical (unpaired) electrons. The fraction of sp³-hybridized carbons (Fsp3) is 0.412. The number of aryl methyl sites for hydroxylation is 1. The number of aromatic nitrogens is 1. The number of carbonyl (C=O) groups is 2. The van der Waals surface area contributed by atoms with Crippen molar-refractivity contribution in [1.29, 1.82) is 0 Å². The molecule has 3 rings (SSSR count). The molecule has 5 heteroatoms. The molecule has 0 saturated carbocycles. The number of piperidine rings is 1. The van der Waals surface area contributed by atoms with Crippen LogP contribution < -0.4 is 0 Å². The summed E-state index contributed by atoms with van der Waals surface area (Å²) in [6, 6.07) is 7.91. The van der Waals surface area contributed by atoms with Gasteiger partial charge in [-0.3, -0.25) is 9.59 Å². The number of aliphatic carboxylic acids is 1. The van der Waals surface area contributed by atoms with Gasteiger partial charge in [0.25, 0.3) is 5.91 Å². The van der Waals surface area contributed by atoms with Crippen LogP contribution in [0.25, 0.3) is 10.9 Å². The number of H-pyrrole nitrogens is 1. The number of carbonyl (C=O) groups excluding carboxylic acids is 1. The molecule has 1 aliphatic heterocycles. The number of likely N-dealkylation sites (tertiary alicyclic amines) is 1. The standard InChI is InChI=1S/C17H20N2O3/c1-10-3-5-12-8-15(18-14(12)7-10)16(20)19-9-13(17(21)22)6-4-11(19)2/h3,5,7-8,11,13,18H,4,6,9H2,1-2H3,(H,21,22). The summed E-state index contributed by atoms with van der Waals surface area (Å²) in [6.45, 7) is 4.26. The Balaban J connectivity index is 1.88. The molecule has 1 amide bonds. The second-order valence-electron chi connectivity index (χ2n) is 6.19. The maximum Gasteiger partial charge on any atom is 0.308 e. The summed E-state index contributed by atoms with van der Waals surface area (Å²) < 4.78 is 0. The average molecular weight is 300 g/mol. The Hall–Kier alpha value is -2.30. The molecule has 1 fully saturated rings. The van der Waals surface area contributed by atoms with Crippen molar-refractivity contribution in [2.45, 2.75) is 32.7 Å². The minimum atomic E-state index is -0.822. The number of hydrogen-bond donors (Lipinski definition) is 2. The predicted octanol–water partition coefficient (Wildman–Crippen LogP) is 2.80. The molecule has 1 aromatic carbocycles. The smallest absolute Gasteiger partial charge is 0.308 e. The van der Waals surface area contributed by atoms with E-state index in [1.54, 1.807) is 4.90 Å². The maximum atomic E-state index is 12.7. The summed E-state index contributed by atoms with van der Waals surface area (Å²) in [5.41, 5.74) is 2.59. The number of hydrogen-bond acceptors (Lipinski definition) is 2. The van der Waals surface area contributed by atoms with E-state index < -0.39 is 11.9 Å². The number of carboxylic acid groups (broad SMARTS) is 1. The number of nitrogens with one attached hydrogen (secondary N) is 1. The lowest BCUT2D eigenvalue weighted by Gasteiger charge is -2.36. The van der Waals surface area contributed by atoms with Gasteiger partial charge in [-0.25, -0.2) is 0 Å². The lowest BCUT2D eigenvalue weighted by atomic mass is 9.93. The summed E-state index contributed by atoms with van der Waals surface area (Å²) in [7, 11) is 0. The number of nitrogens with zero attached hydrogens (tertiary/aromatic N) is 1. The highest BCUT2D eigenvalue weighted by Gasteiger charge is 2.33. The Morgan fingerprint density at radius 1 is 1.27 bits per heavy atom. The molecule has 1 saturated heterocycles. The normalized spacial score (nSPS) is 22.0. The third kappa shape index (κ3) is 2.58. The number of aromatic amines is 1. The lowest BCUT2D eigenvalue weighted by molar-refractivity contribution is -0.143. The van der Waals surface area contributed by atoms with Crippen LogP contribution in [-0.4, -0.2) is 39.5 Å². The topological polar surface area (TPSA) is 73.4 Å². The quantitative estimate of drug-likeness (QED) is 0.895. The van der Waals surface area contributed by atoms with Gasteiger partial charge in [0.05, 0.1) is 5.92 Å². The number of rotatable bonds is 2. The first kappa shape index (κ1) is 14.6. The largest absolute Gasteiger partial charge is 0.481 e. The lowest BCUT2D eigenvalue weighted by Crippen LogP contribution is -2.47. The van der Waals surface area contributed by atoms with Crippen LogP contribution in [0.1, 0.15) is 35.8 Å². The summed E-state index contributed by atoms with van der Waals surface area (Å²) in [5, 5.41) is 10.2. The van der Waals surface area contributed by atoms with Crippen molar-refractivity contribution in [3.63, 3.8) is 0 Å². The monoisotopic (exact) mass is 300 g/mol. The van der Waals surface area contributed by atoms with E-state index in [1.807, 2.05) is 38.1 Å². The van der Waals surface area contributed by atoms with Gasteiger partial charge < -0.3 is 15.0 Å². The van der Waals surface area contributed by atoms with E-state index in [4.69, 9.17) is 0 Å². The predicted molar refractivity (Wildman–Crippen MR) is 83.9 cm³/mol. The Kier molecular flexibility index (Phi) is 3.64. The molecule has 2 N–H and O–H groups in total. The van der Waals surface area contributed by atoms with Gasteiger partial charge in [0.2, 0.25) is 0 Å². The van der Waals surface area contributed by atoms with Crippen LogP contribution in [0.5, 0.6) is 0 Å². The van der Waals surface area contributed by atoms with E-state index in [0.717, 1.165) is 22.9 Å². The van der Waals surface area contributed by atoms with Crippen molar-refractivity contribution in [3.05, 3.63) is 35.5 Å². The Labute approximate surface area is 128 Å². The minimum absolute atomic E-state index is 0.0660. The van der Waals surface area contributed by atoms with Gasteiger partial charge in [0, 0.05) is 23.5 Å². The summed E-state index contributed by atoms with van der Waals surface area (Å²) in [6.07, 6.45) is 1.36. The highest BCUT2D eigenvalue weighted by Crippen LogP contribution is 2.25. The third-order valence-corrected chi connectivity index (χ3v) is 4.50. The van der Waals surface area contributed by atoms with E-state index in [1.165, 1.54) is 0 Å². The zero-order chi connectivity index (χ0) is 15.9. The fourth-order valence-corrected chi connectivity index (χ4v) is 3.10. The highest BCUT2D eigenvalue weighted by molar-refractivity contribution is 5.98. The van der Waals surface area contributed by atoms with Gasteiger partial charge in [-0.1, -0.05) is 12.1 Å². The molecule has 22 heavy (non-hydrogen) atoms. The van der Waals surface area contributed by atoms with Crippen LogP contribution in [0, 0.1) is 12.8 Å². The average Bonchev–Trinajstić information content (AvgIpc) is 2.89. The van der Waals surface area contributed by atoms with Crippen molar-refractivity contribution in [2.75, 3.05) is 6.54 Å². The molecule has 116 valence electrons. The van der Waals surface area contributed by atoms with Crippen molar-refractivity contribution in [3.8, 4) is 0 Å². The molecule has 1 aromatic heterocycles. The van der Waals surface area contributed by atoms with Crippen molar-refractivity contribution in [2.24, 2.45) is 5.92 Å². The second kappa shape index (κ2) is 5.48. The maximum absolute atomic E-state index is 12.7. The molecular formula is C17H20N2O3. The van der Waals surface area contributed by atoms with Crippen LogP contribution in [0.4, 0.5) is 0 Å². The van der Waals surface area contributed by atoms with Gasteiger partial charge in [0.1, 0.15) is 5.69 Å². The second-order valence-corrected chi connectivity index (χ2v) is 6.19. The first-order chi connectivity index (χ1) is 10.5. The van der Waals surface area contributed by atoms with Gasteiger partial charge in [-0.15, -0.1) is 0 Å². The first-order valence-corrected chi connectivity index (χ1v) is 7.59. The summed E-state index contributed by atoms with van der Waals surface area (Å²) in [5.74, 6) is -1.41. The number of carboxylic acids is 1. The van der Waals surface area contributed by atoms with E-state index in [0.29, 0.717) is 12.1 Å². The molecule has 1 aliphatic rings. The molecular weight excluding hydrogens is 280 g/mol.